The monoisotopic (exact) mass is 423 g/mol. The van der Waals surface area contributed by atoms with E-state index in [-0.39, 0.29) is 17.4 Å². The van der Waals surface area contributed by atoms with Gasteiger partial charge < -0.3 is 9.88 Å². The van der Waals surface area contributed by atoms with Crippen molar-refractivity contribution in [1.82, 2.24) is 15.0 Å². The number of nitrogens with one attached hydrogen (secondary N) is 1. The number of H-pyrrole nitrogens is 1. The first kappa shape index (κ1) is 20.4. The number of sulfone groups is 1. The molecule has 1 saturated carbocycles. The Morgan fingerprint density at radius 2 is 1.87 bits per heavy atom. The molecule has 30 heavy (non-hydrogen) atoms. The minimum atomic E-state index is -3.19. The molecule has 0 radical (unpaired) electrons. The zero-order valence-electron chi connectivity index (χ0n) is 17.0. The number of nitriles is 1. The molecule has 0 bridgehead atoms. The van der Waals surface area contributed by atoms with Crippen molar-refractivity contribution < 1.29 is 8.42 Å². The lowest BCUT2D eigenvalue weighted by molar-refractivity contribution is 0.340. The van der Waals surface area contributed by atoms with E-state index in [1.165, 1.54) is 0 Å². The highest BCUT2D eigenvalue weighted by molar-refractivity contribution is 7.90. The fourth-order valence-electron chi connectivity index (χ4n) is 4.36. The molecule has 3 aromatic rings. The van der Waals surface area contributed by atoms with E-state index in [0.717, 1.165) is 48.1 Å². The van der Waals surface area contributed by atoms with Crippen LogP contribution in [0.25, 0.3) is 11.0 Å². The van der Waals surface area contributed by atoms with Gasteiger partial charge in [-0.25, -0.2) is 18.4 Å². The van der Waals surface area contributed by atoms with Crippen molar-refractivity contribution in [3.63, 3.8) is 0 Å². The number of benzene rings is 1. The standard InChI is InChI=1S/C22H25N5O2S/c1-27(22-20-10-11-24-21(20)25-15-26-22)19-8-6-18(7-9-19)14-30(28,29)13-17-4-2-16(12-23)3-5-17/h2-5,10-11,15,18-19H,6-9,13-14H2,1H3,(H,24,25,26). The summed E-state index contributed by atoms with van der Waals surface area (Å²) in [7, 11) is -1.13. The largest absolute Gasteiger partial charge is 0.356 e. The Balaban J connectivity index is 1.35. The van der Waals surface area contributed by atoms with Gasteiger partial charge in [0.05, 0.1) is 28.5 Å². The van der Waals surface area contributed by atoms with Crippen molar-refractivity contribution >= 4 is 26.7 Å². The van der Waals surface area contributed by atoms with Crippen LogP contribution in [0.3, 0.4) is 0 Å². The Morgan fingerprint density at radius 1 is 1.13 bits per heavy atom. The minimum Gasteiger partial charge on any atom is -0.356 e. The molecule has 1 fully saturated rings. The van der Waals surface area contributed by atoms with Crippen LogP contribution in [0.5, 0.6) is 0 Å². The van der Waals surface area contributed by atoms with E-state index in [2.05, 4.69) is 33.0 Å². The Bertz CT molecular complexity index is 1160. The van der Waals surface area contributed by atoms with E-state index in [4.69, 9.17) is 5.26 Å². The second kappa shape index (κ2) is 8.44. The maximum absolute atomic E-state index is 12.7. The van der Waals surface area contributed by atoms with Gasteiger partial charge >= 0.3 is 0 Å². The van der Waals surface area contributed by atoms with E-state index in [1.54, 1.807) is 30.6 Å². The molecule has 0 aliphatic heterocycles. The zero-order chi connectivity index (χ0) is 21.1. The van der Waals surface area contributed by atoms with Crippen LogP contribution in [0.4, 0.5) is 5.82 Å². The fraction of sp³-hybridized carbons (Fsp3) is 0.409. The summed E-state index contributed by atoms with van der Waals surface area (Å²) in [5, 5.41) is 9.88. The molecule has 156 valence electrons. The summed E-state index contributed by atoms with van der Waals surface area (Å²) in [6.45, 7) is 0. The Hall–Kier alpha value is -2.92. The number of aromatic amines is 1. The third-order valence-electron chi connectivity index (χ3n) is 5.99. The fourth-order valence-corrected chi connectivity index (χ4v) is 6.23. The Labute approximate surface area is 176 Å². The van der Waals surface area contributed by atoms with Crippen LogP contribution < -0.4 is 4.90 Å². The predicted octanol–water partition coefficient (Wildman–Crippen LogP) is 3.44. The summed E-state index contributed by atoms with van der Waals surface area (Å²) < 4.78 is 25.4. The maximum Gasteiger partial charge on any atom is 0.154 e. The van der Waals surface area contributed by atoms with Crippen LogP contribution in [0.2, 0.25) is 0 Å². The van der Waals surface area contributed by atoms with Crippen molar-refractivity contribution in [2.45, 2.75) is 37.5 Å². The van der Waals surface area contributed by atoms with E-state index in [9.17, 15) is 8.42 Å². The molecule has 1 aliphatic rings. The number of anilines is 1. The molecule has 2 aromatic heterocycles. The lowest BCUT2D eigenvalue weighted by atomic mass is 9.86. The first-order chi connectivity index (χ1) is 14.4. The molecule has 1 aromatic carbocycles. The molecule has 0 amide bonds. The lowest BCUT2D eigenvalue weighted by Crippen LogP contribution is -2.37. The summed E-state index contributed by atoms with van der Waals surface area (Å²) in [6, 6.07) is 11.2. The molecule has 8 heteroatoms. The third kappa shape index (κ3) is 4.46. The van der Waals surface area contributed by atoms with Gasteiger partial charge in [0.25, 0.3) is 0 Å². The summed E-state index contributed by atoms with van der Waals surface area (Å²) in [6.07, 6.45) is 7.12. The molecule has 2 heterocycles. The average Bonchev–Trinajstić information content (AvgIpc) is 3.23. The highest BCUT2D eigenvalue weighted by Gasteiger charge is 2.28. The van der Waals surface area contributed by atoms with Crippen molar-refractivity contribution in [2.24, 2.45) is 5.92 Å². The topological polar surface area (TPSA) is 103 Å². The van der Waals surface area contributed by atoms with E-state index < -0.39 is 9.84 Å². The van der Waals surface area contributed by atoms with Crippen LogP contribution in [0, 0.1) is 17.2 Å². The first-order valence-electron chi connectivity index (χ1n) is 10.2. The number of fused-ring (bicyclic) bond motifs is 1. The molecular weight excluding hydrogens is 398 g/mol. The quantitative estimate of drug-likeness (QED) is 0.651. The number of hydrogen-bond donors (Lipinski definition) is 1. The van der Waals surface area contributed by atoms with Gasteiger partial charge in [0.15, 0.2) is 9.84 Å². The number of rotatable bonds is 6. The van der Waals surface area contributed by atoms with Crippen molar-refractivity contribution in [2.75, 3.05) is 17.7 Å². The molecule has 0 saturated heterocycles. The highest BCUT2D eigenvalue weighted by atomic mass is 32.2. The van der Waals surface area contributed by atoms with Crippen molar-refractivity contribution in [3.8, 4) is 6.07 Å². The lowest BCUT2D eigenvalue weighted by Gasteiger charge is -2.35. The molecule has 1 N–H and O–H groups in total. The van der Waals surface area contributed by atoms with Gasteiger partial charge in [-0.05, 0) is 55.4 Å². The first-order valence-corrected chi connectivity index (χ1v) is 12.0. The summed E-state index contributed by atoms with van der Waals surface area (Å²) in [5.41, 5.74) is 2.11. The Morgan fingerprint density at radius 3 is 2.57 bits per heavy atom. The van der Waals surface area contributed by atoms with E-state index >= 15 is 0 Å². The number of hydrogen-bond acceptors (Lipinski definition) is 6. The van der Waals surface area contributed by atoms with E-state index in [1.807, 2.05) is 12.3 Å². The van der Waals surface area contributed by atoms with Gasteiger partial charge in [0.1, 0.15) is 17.8 Å². The van der Waals surface area contributed by atoms with Gasteiger partial charge in [0.2, 0.25) is 0 Å². The summed E-state index contributed by atoms with van der Waals surface area (Å²) >= 11 is 0. The maximum atomic E-state index is 12.7. The van der Waals surface area contributed by atoms with Gasteiger partial charge in [0, 0.05) is 19.3 Å². The molecule has 0 atom stereocenters. The van der Waals surface area contributed by atoms with Crippen LogP contribution in [0.15, 0.2) is 42.9 Å². The molecule has 1 aliphatic carbocycles. The molecule has 0 spiro atoms. The van der Waals surface area contributed by atoms with Gasteiger partial charge in [-0.1, -0.05) is 12.1 Å². The van der Waals surface area contributed by atoms with Gasteiger partial charge in [-0.3, -0.25) is 0 Å². The Kier molecular flexibility index (Phi) is 5.73. The second-order valence-corrected chi connectivity index (χ2v) is 10.2. The SMILES string of the molecule is CN(c1ncnc2[nH]ccc12)C1CCC(CS(=O)(=O)Cc2ccc(C#N)cc2)CC1. The summed E-state index contributed by atoms with van der Waals surface area (Å²) in [4.78, 5) is 14.0. The van der Waals surface area contributed by atoms with Gasteiger partial charge in [-0.15, -0.1) is 0 Å². The number of aromatic nitrogens is 3. The van der Waals surface area contributed by atoms with Gasteiger partial charge in [-0.2, -0.15) is 5.26 Å². The molecule has 0 unspecified atom stereocenters. The second-order valence-electron chi connectivity index (χ2n) is 8.09. The highest BCUT2D eigenvalue weighted by Crippen LogP contribution is 2.32. The summed E-state index contributed by atoms with van der Waals surface area (Å²) in [5.74, 6) is 1.36. The number of nitrogens with zero attached hydrogens (tertiary/aromatic N) is 4. The predicted molar refractivity (Wildman–Crippen MR) is 117 cm³/mol. The van der Waals surface area contributed by atoms with Crippen LogP contribution in [-0.4, -0.2) is 42.2 Å². The molecule has 7 nitrogen and oxygen atoms in total. The van der Waals surface area contributed by atoms with Crippen LogP contribution in [0.1, 0.15) is 36.8 Å². The smallest absolute Gasteiger partial charge is 0.154 e. The van der Waals surface area contributed by atoms with Crippen LogP contribution in [-0.2, 0) is 15.6 Å². The van der Waals surface area contributed by atoms with E-state index in [0.29, 0.717) is 11.6 Å². The van der Waals surface area contributed by atoms with Crippen molar-refractivity contribution in [1.29, 1.82) is 5.26 Å². The minimum absolute atomic E-state index is 0.0327. The zero-order valence-corrected chi connectivity index (χ0v) is 17.8. The van der Waals surface area contributed by atoms with Crippen LogP contribution >= 0.6 is 0 Å². The normalized spacial score (nSPS) is 19.5. The molecular formula is C22H25N5O2S. The van der Waals surface area contributed by atoms with Crippen molar-refractivity contribution in [3.05, 3.63) is 54.0 Å². The molecule has 4 rings (SSSR count). The third-order valence-corrected chi connectivity index (χ3v) is 7.74. The average molecular weight is 424 g/mol.